The van der Waals surface area contributed by atoms with E-state index in [9.17, 15) is 18.0 Å². The van der Waals surface area contributed by atoms with Gasteiger partial charge in [-0.1, -0.05) is 112 Å². The average Bonchev–Trinajstić information content (AvgIpc) is 3.26. The third kappa shape index (κ3) is 14.1. The van der Waals surface area contributed by atoms with Crippen molar-refractivity contribution in [2.45, 2.75) is 89.8 Å². The number of amides is 1. The van der Waals surface area contributed by atoms with E-state index in [1.165, 1.54) is 0 Å². The van der Waals surface area contributed by atoms with Crippen molar-refractivity contribution in [3.05, 3.63) is 131 Å². The molecule has 1 atom stereocenters. The van der Waals surface area contributed by atoms with Crippen molar-refractivity contribution >= 4 is 41.0 Å². The van der Waals surface area contributed by atoms with Crippen LogP contribution in [0.1, 0.15) is 70.1 Å². The Labute approximate surface area is 374 Å². The highest BCUT2D eigenvalue weighted by Crippen LogP contribution is 2.41. The molecule has 1 amide bonds. The second kappa shape index (κ2) is 22.2. The summed E-state index contributed by atoms with van der Waals surface area (Å²) in [6.45, 7) is 15.0. The maximum atomic E-state index is 12.9. The number of benzene rings is 4. The molecule has 0 spiro atoms. The average molecular weight is 896 g/mol. The second-order valence-corrected chi connectivity index (χ2v) is 24.5. The fraction of sp³-hybridized carbons (Fsp3) is 0.429. The van der Waals surface area contributed by atoms with Crippen molar-refractivity contribution in [1.29, 1.82) is 0 Å². The second-order valence-electron chi connectivity index (χ2n) is 17.9. The molecule has 12 nitrogen and oxygen atoms in total. The SMILES string of the molecule is CC(C)(C)[Si](C)(C)OC(CNCCCCCNS(=O)(=O)CCN1CCC(OC(=O)Nc2ccccc2-c2ccccc2)CC1)c1ccc(OCc2ccccc2)c2[nH]c(=O)ccc12. The van der Waals surface area contributed by atoms with Gasteiger partial charge in [0.1, 0.15) is 18.5 Å². The summed E-state index contributed by atoms with van der Waals surface area (Å²) in [5, 5.41) is 7.39. The lowest BCUT2D eigenvalue weighted by atomic mass is 10.0. The Bertz CT molecular complexity index is 2400. The van der Waals surface area contributed by atoms with Crippen LogP contribution in [0.4, 0.5) is 10.5 Å². The van der Waals surface area contributed by atoms with E-state index in [0.29, 0.717) is 69.1 Å². The molecule has 1 aliphatic heterocycles. The minimum Gasteiger partial charge on any atom is -0.487 e. The molecule has 5 aromatic rings. The number of rotatable bonds is 21. The Balaban J connectivity index is 0.913. The lowest BCUT2D eigenvalue weighted by Crippen LogP contribution is -2.43. The molecule has 1 aliphatic rings. The molecule has 0 radical (unpaired) electrons. The Morgan fingerprint density at radius 1 is 0.857 bits per heavy atom. The number of aromatic nitrogens is 1. The largest absolute Gasteiger partial charge is 0.487 e. The summed E-state index contributed by atoms with van der Waals surface area (Å²) in [5.74, 6) is 0.634. The van der Waals surface area contributed by atoms with Crippen LogP contribution in [0.2, 0.25) is 18.1 Å². The van der Waals surface area contributed by atoms with E-state index in [0.717, 1.165) is 53.4 Å². The van der Waals surface area contributed by atoms with Crippen LogP contribution in [0.25, 0.3) is 22.0 Å². The fourth-order valence-corrected chi connectivity index (χ4v) is 9.84. The first-order valence-corrected chi connectivity index (χ1v) is 26.8. The van der Waals surface area contributed by atoms with Gasteiger partial charge >= 0.3 is 6.09 Å². The standard InChI is InChI=1S/C49H65N5O7SSi/c1-49(2,3)63(4,5)61-45(41-23-25-44(47-42(41)24-26-46(55)53-47)59-36-37-17-9-6-10-18-37)35-50-29-15-8-16-30-51-62(57,58)34-33-54-31-27-39(28-32-54)60-48(56)52-43-22-14-13-21-40(43)38-19-11-7-12-20-38/h6-7,9-14,17-26,39,45,50-51H,8,15-16,27-36H2,1-5H3,(H,52,56)(H,53,55). The van der Waals surface area contributed by atoms with Crippen LogP contribution < -0.4 is 25.7 Å². The zero-order chi connectivity index (χ0) is 44.9. The normalized spacial score (nSPS) is 14.7. The molecule has 6 rings (SSSR count). The number of aromatic amines is 1. The van der Waals surface area contributed by atoms with Crippen molar-refractivity contribution in [1.82, 2.24) is 19.9 Å². The predicted molar refractivity (Wildman–Crippen MR) is 256 cm³/mol. The monoisotopic (exact) mass is 895 g/mol. The molecule has 1 unspecified atom stereocenters. The highest BCUT2D eigenvalue weighted by Gasteiger charge is 2.40. The van der Waals surface area contributed by atoms with Gasteiger partial charge in [0.15, 0.2) is 8.32 Å². The molecule has 338 valence electrons. The van der Waals surface area contributed by atoms with E-state index in [2.05, 4.69) is 65.2 Å². The number of nitrogens with one attached hydrogen (secondary N) is 4. The predicted octanol–water partition coefficient (Wildman–Crippen LogP) is 9.23. The van der Waals surface area contributed by atoms with Crippen LogP contribution in [0.5, 0.6) is 5.75 Å². The molecule has 63 heavy (non-hydrogen) atoms. The third-order valence-electron chi connectivity index (χ3n) is 12.1. The Kier molecular flexibility index (Phi) is 16.8. The molecule has 1 fully saturated rings. The van der Waals surface area contributed by atoms with E-state index in [1.54, 1.807) is 6.07 Å². The number of nitrogens with zero attached hydrogens (tertiary/aromatic N) is 1. The number of anilines is 1. The van der Waals surface area contributed by atoms with Crippen molar-refractivity contribution < 1.29 is 27.1 Å². The Morgan fingerprint density at radius 3 is 2.27 bits per heavy atom. The van der Waals surface area contributed by atoms with Crippen LogP contribution in [0.3, 0.4) is 0 Å². The van der Waals surface area contributed by atoms with Gasteiger partial charge in [0, 0.05) is 49.7 Å². The van der Waals surface area contributed by atoms with Crippen molar-refractivity contribution in [2.24, 2.45) is 0 Å². The van der Waals surface area contributed by atoms with Gasteiger partial charge in [0.25, 0.3) is 0 Å². The summed E-state index contributed by atoms with van der Waals surface area (Å²) in [4.78, 5) is 30.5. The van der Waals surface area contributed by atoms with Gasteiger partial charge in [0.05, 0.1) is 23.1 Å². The molecule has 14 heteroatoms. The first-order valence-electron chi connectivity index (χ1n) is 22.2. The molecular formula is C49H65N5O7SSi. The van der Waals surface area contributed by atoms with Gasteiger partial charge in [-0.2, -0.15) is 0 Å². The summed E-state index contributed by atoms with van der Waals surface area (Å²) >= 11 is 0. The van der Waals surface area contributed by atoms with E-state index >= 15 is 0 Å². The van der Waals surface area contributed by atoms with E-state index in [-0.39, 0.29) is 28.6 Å². The number of pyridine rings is 1. The van der Waals surface area contributed by atoms with Crippen LogP contribution in [0.15, 0.2) is 114 Å². The van der Waals surface area contributed by atoms with Crippen molar-refractivity contribution in [3.63, 3.8) is 0 Å². The molecule has 4 aromatic carbocycles. The number of para-hydroxylation sites is 1. The lowest BCUT2D eigenvalue weighted by Gasteiger charge is -2.39. The highest BCUT2D eigenvalue weighted by atomic mass is 32.2. The van der Waals surface area contributed by atoms with Gasteiger partial charge in [-0.25, -0.2) is 17.9 Å². The lowest BCUT2D eigenvalue weighted by molar-refractivity contribution is 0.0608. The third-order valence-corrected chi connectivity index (χ3v) is 18.0. The number of unbranched alkanes of at least 4 members (excludes halogenated alkanes) is 2. The first-order chi connectivity index (χ1) is 30.2. The zero-order valence-corrected chi connectivity index (χ0v) is 39.3. The number of fused-ring (bicyclic) bond motifs is 1. The molecule has 4 N–H and O–H groups in total. The molecular weight excluding hydrogens is 831 g/mol. The number of H-pyrrole nitrogens is 1. The Hall–Kier alpha value is -4.83. The number of sulfonamides is 1. The molecule has 1 saturated heterocycles. The summed E-state index contributed by atoms with van der Waals surface area (Å²) in [7, 11) is -5.64. The first kappa shape index (κ1) is 47.6. The minimum atomic E-state index is -3.43. The molecule has 0 aliphatic carbocycles. The van der Waals surface area contributed by atoms with Crippen LogP contribution in [-0.2, 0) is 25.8 Å². The topological polar surface area (TPSA) is 151 Å². The highest BCUT2D eigenvalue weighted by molar-refractivity contribution is 7.89. The van der Waals surface area contributed by atoms with Gasteiger partial charge in [-0.05, 0) is 85.2 Å². The minimum absolute atomic E-state index is 0.00976. The van der Waals surface area contributed by atoms with Gasteiger partial charge in [-0.3, -0.25) is 10.1 Å². The van der Waals surface area contributed by atoms with E-state index < -0.39 is 24.4 Å². The summed E-state index contributed by atoms with van der Waals surface area (Å²) in [5.41, 5.74) is 5.10. The van der Waals surface area contributed by atoms with Gasteiger partial charge < -0.3 is 29.1 Å². The van der Waals surface area contributed by atoms with Crippen molar-refractivity contribution in [3.8, 4) is 16.9 Å². The quantitative estimate of drug-likeness (QED) is 0.0418. The van der Waals surface area contributed by atoms with Gasteiger partial charge in [-0.15, -0.1) is 0 Å². The van der Waals surface area contributed by atoms with E-state index in [4.69, 9.17) is 13.9 Å². The van der Waals surface area contributed by atoms with Crippen molar-refractivity contribution in [2.75, 3.05) is 50.3 Å². The smallest absolute Gasteiger partial charge is 0.411 e. The fourth-order valence-electron chi connectivity index (χ4n) is 7.47. The number of hydrogen-bond acceptors (Lipinski definition) is 9. The van der Waals surface area contributed by atoms with Crippen LogP contribution in [0, 0.1) is 0 Å². The molecule has 0 bridgehead atoms. The summed E-state index contributed by atoms with van der Waals surface area (Å²) in [6.07, 6.45) is 2.78. The number of carbonyl (C=O) groups excluding carboxylic acids is 1. The number of likely N-dealkylation sites (tertiary alicyclic amines) is 1. The van der Waals surface area contributed by atoms with E-state index in [1.807, 2.05) is 97.1 Å². The van der Waals surface area contributed by atoms with Crippen LogP contribution in [-0.4, -0.2) is 83.8 Å². The Morgan fingerprint density at radius 2 is 1.54 bits per heavy atom. The number of piperidine rings is 1. The maximum absolute atomic E-state index is 12.9. The summed E-state index contributed by atoms with van der Waals surface area (Å²) < 4.78 is 47.6. The molecule has 1 aromatic heterocycles. The molecule has 0 saturated carbocycles. The number of hydrogen-bond donors (Lipinski definition) is 4. The number of carbonyl (C=O) groups is 1. The number of ether oxygens (including phenoxy) is 2. The maximum Gasteiger partial charge on any atom is 0.411 e. The summed E-state index contributed by atoms with van der Waals surface area (Å²) in [6, 6.07) is 34.9. The van der Waals surface area contributed by atoms with Crippen LogP contribution >= 0.6 is 0 Å². The zero-order valence-electron chi connectivity index (χ0n) is 37.5. The van der Waals surface area contributed by atoms with Gasteiger partial charge in [0.2, 0.25) is 15.6 Å². The molecule has 2 heterocycles.